The van der Waals surface area contributed by atoms with Gasteiger partial charge in [-0.3, -0.25) is 4.79 Å². The Kier molecular flexibility index (Phi) is 6.49. The minimum Gasteiger partial charge on any atom is -0.477 e. The van der Waals surface area contributed by atoms with Crippen LogP contribution in [0.15, 0.2) is 45.6 Å². The van der Waals surface area contributed by atoms with Crippen LogP contribution in [0.5, 0.6) is 5.75 Å². The number of hydrogen-bond donors (Lipinski definition) is 2. The van der Waals surface area contributed by atoms with Crippen LogP contribution in [0.3, 0.4) is 0 Å². The number of anilines is 2. The first kappa shape index (κ1) is 21.8. The number of ether oxygens (including phenoxy) is 1. The van der Waals surface area contributed by atoms with Crippen LogP contribution in [-0.2, 0) is 4.79 Å². The molecule has 0 spiro atoms. The van der Waals surface area contributed by atoms with Crippen LogP contribution in [0.1, 0.15) is 10.4 Å². The van der Waals surface area contributed by atoms with Crippen molar-refractivity contribution >= 4 is 44.7 Å². The predicted molar refractivity (Wildman–Crippen MR) is 99.3 cm³/mol. The van der Waals surface area contributed by atoms with Crippen LogP contribution >= 0.6 is 11.3 Å². The molecule has 0 atom stereocenters. The second-order valence-electron chi connectivity index (χ2n) is 5.40. The number of thiophene rings is 1. The minimum atomic E-state index is -4.64. The molecule has 12 heteroatoms. The number of carbonyl (C=O) groups excluding carboxylic acids is 1. The first-order valence-corrected chi connectivity index (χ1v) is 8.42. The van der Waals surface area contributed by atoms with Gasteiger partial charge >= 0.3 is 18.0 Å². The van der Waals surface area contributed by atoms with Gasteiger partial charge in [0, 0.05) is 18.8 Å². The lowest BCUT2D eigenvalue weighted by atomic mass is 10.3. The fraction of sp³-hybridized carbons (Fsp3) is 0.118. The Morgan fingerprint density at radius 2 is 1.90 bits per heavy atom. The lowest BCUT2D eigenvalue weighted by Crippen LogP contribution is -2.16. The van der Waals surface area contributed by atoms with E-state index in [4.69, 9.17) is 15.3 Å². The third kappa shape index (κ3) is 5.97. The fourth-order valence-electron chi connectivity index (χ4n) is 1.95. The van der Waals surface area contributed by atoms with E-state index in [1.807, 2.05) is 0 Å². The van der Waals surface area contributed by atoms with Crippen molar-refractivity contribution in [2.75, 3.05) is 17.7 Å². The Labute approximate surface area is 164 Å². The maximum Gasteiger partial charge on any atom is 0.573 e. The molecule has 0 saturated carbocycles. The van der Waals surface area contributed by atoms with E-state index in [0.29, 0.717) is 21.8 Å². The normalized spacial score (nSPS) is 10.8. The van der Waals surface area contributed by atoms with Gasteiger partial charge in [-0.2, -0.15) is 0 Å². The highest BCUT2D eigenvalue weighted by atomic mass is 32.1. The molecule has 2 heterocycles. The van der Waals surface area contributed by atoms with E-state index in [-0.39, 0.29) is 11.3 Å². The van der Waals surface area contributed by atoms with Crippen molar-refractivity contribution in [3.63, 3.8) is 0 Å². The number of carboxylic acids is 1. The minimum absolute atomic E-state index is 0.267. The highest BCUT2D eigenvalue weighted by Crippen LogP contribution is 2.31. The summed E-state index contributed by atoms with van der Waals surface area (Å²) in [7, 11) is 1.55. The number of amides is 1. The molecule has 1 amide bonds. The number of rotatable bonds is 4. The van der Waals surface area contributed by atoms with Crippen LogP contribution in [0.4, 0.5) is 23.9 Å². The molecule has 0 aliphatic rings. The van der Waals surface area contributed by atoms with Gasteiger partial charge in [0.05, 0.1) is 4.70 Å². The summed E-state index contributed by atoms with van der Waals surface area (Å²) in [6, 6.07) is 7.74. The topological polar surface area (TPSA) is 123 Å². The summed E-state index contributed by atoms with van der Waals surface area (Å²) in [6.45, 7) is 0. The number of nitrogens with two attached hydrogens (primary N) is 1. The lowest BCUT2D eigenvalue weighted by molar-refractivity contribution is -0.274. The zero-order valence-corrected chi connectivity index (χ0v) is 15.4. The van der Waals surface area contributed by atoms with Gasteiger partial charge in [0.15, 0.2) is 5.58 Å². The fourth-order valence-corrected chi connectivity index (χ4v) is 2.90. The number of carboxylic acid groups (broad SMARTS) is 1. The van der Waals surface area contributed by atoms with Gasteiger partial charge in [0.25, 0.3) is 0 Å². The van der Waals surface area contributed by atoms with Gasteiger partial charge in [0.1, 0.15) is 16.3 Å². The average molecular weight is 430 g/mol. The largest absolute Gasteiger partial charge is 0.573 e. The Balaban J connectivity index is 0.000000221. The number of aromatic carboxylic acids is 1. The molecule has 2 aromatic heterocycles. The number of benzene rings is 1. The molecule has 0 aliphatic heterocycles. The first-order chi connectivity index (χ1) is 13.5. The van der Waals surface area contributed by atoms with Crippen molar-refractivity contribution < 1.29 is 37.0 Å². The van der Waals surface area contributed by atoms with Crippen molar-refractivity contribution in [1.82, 2.24) is 0 Å². The van der Waals surface area contributed by atoms with E-state index >= 15 is 0 Å². The van der Waals surface area contributed by atoms with Gasteiger partial charge in [-0.15, -0.1) is 24.5 Å². The first-order valence-electron chi connectivity index (χ1n) is 7.60. The van der Waals surface area contributed by atoms with Crippen molar-refractivity contribution in [2.45, 2.75) is 6.36 Å². The number of carbonyl (C=O) groups is 2. The zero-order chi connectivity index (χ0) is 21.8. The highest BCUT2D eigenvalue weighted by Gasteiger charge is 2.30. The quantitative estimate of drug-likeness (QED) is 0.481. The molecule has 0 unspecified atom stereocenters. The van der Waals surface area contributed by atoms with Gasteiger partial charge in [-0.25, -0.2) is 9.59 Å². The summed E-state index contributed by atoms with van der Waals surface area (Å²) in [5.41, 5.74) is 4.60. The van der Waals surface area contributed by atoms with Crippen LogP contribution in [0.25, 0.3) is 10.3 Å². The monoisotopic (exact) mass is 430 g/mol. The average Bonchev–Trinajstić information content (AvgIpc) is 3.04. The van der Waals surface area contributed by atoms with Crippen molar-refractivity contribution in [2.24, 2.45) is 0 Å². The smallest absolute Gasteiger partial charge is 0.477 e. The van der Waals surface area contributed by atoms with Crippen LogP contribution in [-0.4, -0.2) is 30.9 Å². The number of nitrogens with zero attached hydrogens (tertiary/aromatic N) is 1. The summed E-state index contributed by atoms with van der Waals surface area (Å²) in [6.07, 6.45) is -4.03. The number of nitrogen functional groups attached to an aromatic ring is 1. The van der Waals surface area contributed by atoms with Gasteiger partial charge in [-0.05, 0) is 30.3 Å². The molecule has 0 aliphatic carbocycles. The summed E-state index contributed by atoms with van der Waals surface area (Å²) >= 11 is 1.17. The molecule has 8 nitrogen and oxygen atoms in total. The summed E-state index contributed by atoms with van der Waals surface area (Å²) < 4.78 is 43.7. The zero-order valence-electron chi connectivity index (χ0n) is 14.6. The SMILES string of the molecule is CN(C=O)c1cc2oc(=O)c(C(=O)O)cc2s1.Nc1ccc(OC(F)(F)F)cc1. The predicted octanol–water partition coefficient (Wildman–Crippen LogP) is 3.31. The van der Waals surface area contributed by atoms with Gasteiger partial charge < -0.3 is 24.9 Å². The highest BCUT2D eigenvalue weighted by molar-refractivity contribution is 7.22. The molecule has 3 rings (SSSR count). The molecule has 29 heavy (non-hydrogen) atoms. The Morgan fingerprint density at radius 1 is 1.28 bits per heavy atom. The number of alkyl halides is 3. The van der Waals surface area contributed by atoms with E-state index in [2.05, 4.69) is 4.74 Å². The Morgan fingerprint density at radius 3 is 2.41 bits per heavy atom. The van der Waals surface area contributed by atoms with E-state index in [0.717, 1.165) is 12.1 Å². The molecule has 0 fully saturated rings. The van der Waals surface area contributed by atoms with E-state index in [9.17, 15) is 27.6 Å². The number of fused-ring (bicyclic) bond motifs is 1. The van der Waals surface area contributed by atoms with Crippen LogP contribution in [0.2, 0.25) is 0 Å². The van der Waals surface area contributed by atoms with Crippen LogP contribution < -0.4 is 21.0 Å². The summed E-state index contributed by atoms with van der Waals surface area (Å²) in [5.74, 6) is -1.60. The van der Waals surface area contributed by atoms with Gasteiger partial charge in [-0.1, -0.05) is 0 Å². The van der Waals surface area contributed by atoms with E-state index < -0.39 is 23.5 Å². The molecule has 0 radical (unpaired) electrons. The molecule has 3 aromatic rings. The van der Waals surface area contributed by atoms with Crippen molar-refractivity contribution in [3.05, 3.63) is 52.4 Å². The molecule has 3 N–H and O–H groups in total. The number of hydrogen-bond acceptors (Lipinski definition) is 7. The molecule has 1 aromatic carbocycles. The van der Waals surface area contributed by atoms with Crippen LogP contribution in [0, 0.1) is 0 Å². The third-order valence-electron chi connectivity index (χ3n) is 3.26. The Bertz CT molecular complexity index is 1080. The van der Waals surface area contributed by atoms with Crippen molar-refractivity contribution in [1.29, 1.82) is 0 Å². The molecule has 154 valence electrons. The lowest BCUT2D eigenvalue weighted by Gasteiger charge is -2.07. The maximum atomic E-state index is 11.6. The third-order valence-corrected chi connectivity index (χ3v) is 4.41. The second-order valence-corrected chi connectivity index (χ2v) is 6.46. The van der Waals surface area contributed by atoms with Gasteiger partial charge in [0.2, 0.25) is 6.41 Å². The molecule has 0 bridgehead atoms. The standard InChI is InChI=1S/C10H7NO5S.C7H6F3NO/c1-11(4-12)8-3-6-7(17-8)2-5(9(13)14)10(15)16-6;8-7(9,10)12-6-3-1-5(11)2-4-6/h2-4H,1H3,(H,13,14);1-4H,11H2. The molecule has 0 saturated heterocycles. The molecular weight excluding hydrogens is 417 g/mol. The number of halogens is 3. The summed E-state index contributed by atoms with van der Waals surface area (Å²) in [4.78, 5) is 33.9. The molecular formula is C17H13F3N2O6S. The Hall–Kier alpha value is -3.54. The summed E-state index contributed by atoms with van der Waals surface area (Å²) in [5, 5.41) is 9.34. The van der Waals surface area contributed by atoms with E-state index in [1.165, 1.54) is 40.5 Å². The van der Waals surface area contributed by atoms with Crippen molar-refractivity contribution in [3.8, 4) is 5.75 Å². The maximum absolute atomic E-state index is 11.6. The van der Waals surface area contributed by atoms with E-state index in [1.54, 1.807) is 7.05 Å². The second kappa shape index (κ2) is 8.65.